The number of anilines is 2. The number of nitrogens with zero attached hydrogens (tertiary/aromatic N) is 4. The number of rotatable bonds is 8. The van der Waals surface area contributed by atoms with Crippen LogP contribution in [-0.4, -0.2) is 71.8 Å². The summed E-state index contributed by atoms with van der Waals surface area (Å²) in [5, 5.41) is 19.8. The summed E-state index contributed by atoms with van der Waals surface area (Å²) >= 11 is 0. The average Bonchev–Trinajstić information content (AvgIpc) is 3.34. The van der Waals surface area contributed by atoms with Crippen LogP contribution in [0, 0.1) is 0 Å². The number of hydrogen-bond acceptors (Lipinski definition) is 13. The van der Waals surface area contributed by atoms with Crippen molar-refractivity contribution < 1.29 is 38.2 Å². The molecule has 16 nitrogen and oxygen atoms in total. The predicted molar refractivity (Wildman–Crippen MR) is 117 cm³/mol. The fourth-order valence-corrected chi connectivity index (χ4v) is 4.80. The number of hydrogen-bond donors (Lipinski definition) is 5. The van der Waals surface area contributed by atoms with Gasteiger partial charge >= 0.3 is 19.2 Å². The number of phosphoric acid groups is 1. The van der Waals surface area contributed by atoms with Gasteiger partial charge in [-0.3, -0.25) is 18.2 Å². The maximum absolute atomic E-state index is 12.6. The Morgan fingerprint density at radius 2 is 1.57 bits per heavy atom. The van der Waals surface area contributed by atoms with E-state index in [1.807, 2.05) is 0 Å². The molecule has 0 saturated carbocycles. The molecule has 0 radical (unpaired) electrons. The fourth-order valence-electron chi connectivity index (χ4n) is 3.84. The van der Waals surface area contributed by atoms with Gasteiger partial charge in [0.15, 0.2) is 0 Å². The molecular formula is C18H25N6O10P. The second-order valence-corrected chi connectivity index (χ2v) is 9.38. The Labute approximate surface area is 197 Å². The van der Waals surface area contributed by atoms with Gasteiger partial charge in [0.25, 0.3) is 0 Å². The van der Waals surface area contributed by atoms with Crippen LogP contribution >= 0.6 is 7.82 Å². The topological polar surface area (TPSA) is 236 Å². The molecule has 7 N–H and O–H groups in total. The summed E-state index contributed by atoms with van der Waals surface area (Å²) in [6, 6.07) is 2.77. The molecule has 2 aliphatic heterocycles. The Hall–Kier alpha value is -2.69. The normalized spacial score (nSPS) is 30.4. The Morgan fingerprint density at radius 3 is 2.11 bits per heavy atom. The Balaban J connectivity index is 1.36. The van der Waals surface area contributed by atoms with Gasteiger partial charge in [-0.25, -0.2) is 14.2 Å². The monoisotopic (exact) mass is 516 g/mol. The molecular weight excluding hydrogens is 491 g/mol. The number of aliphatic hydroxyl groups excluding tert-OH is 2. The first kappa shape index (κ1) is 25.4. The van der Waals surface area contributed by atoms with E-state index in [1.54, 1.807) is 0 Å². The van der Waals surface area contributed by atoms with E-state index in [4.69, 9.17) is 30.0 Å². The minimum atomic E-state index is -4.72. The number of phosphoric ester groups is 1. The summed E-state index contributed by atoms with van der Waals surface area (Å²) in [6.07, 6.45) is -3.46. The van der Waals surface area contributed by atoms with E-state index in [0.717, 1.165) is 9.13 Å². The third-order valence-electron chi connectivity index (χ3n) is 5.56. The van der Waals surface area contributed by atoms with Crippen molar-refractivity contribution in [2.45, 2.75) is 49.7 Å². The molecule has 2 aromatic rings. The van der Waals surface area contributed by atoms with Gasteiger partial charge in [-0.2, -0.15) is 9.97 Å². The molecule has 0 aliphatic carbocycles. The van der Waals surface area contributed by atoms with Crippen LogP contribution in [0.2, 0.25) is 0 Å². The molecule has 2 fully saturated rings. The second kappa shape index (κ2) is 10.1. The molecule has 2 saturated heterocycles. The molecule has 2 aromatic heterocycles. The fraction of sp³-hybridized carbons (Fsp3) is 0.556. The quantitative estimate of drug-likeness (QED) is 0.241. The van der Waals surface area contributed by atoms with Crippen LogP contribution in [0.5, 0.6) is 0 Å². The Morgan fingerprint density at radius 1 is 1.03 bits per heavy atom. The number of aliphatic hydroxyl groups is 2. The summed E-state index contributed by atoms with van der Waals surface area (Å²) in [6.45, 7) is -1.10. The summed E-state index contributed by atoms with van der Waals surface area (Å²) in [5.74, 6) is 0.0417. The summed E-state index contributed by atoms with van der Waals surface area (Å²) in [5.41, 5.74) is 9.55. The van der Waals surface area contributed by atoms with Gasteiger partial charge in [0.2, 0.25) is 0 Å². The minimum absolute atomic E-state index is 0.00519. The maximum atomic E-state index is 12.6. The van der Waals surface area contributed by atoms with Gasteiger partial charge in [-0.1, -0.05) is 0 Å². The molecule has 0 spiro atoms. The minimum Gasteiger partial charge on any atom is -0.394 e. The van der Waals surface area contributed by atoms with Gasteiger partial charge < -0.3 is 36.0 Å². The highest BCUT2D eigenvalue weighted by atomic mass is 31.2. The van der Waals surface area contributed by atoms with Crippen molar-refractivity contribution in [3.05, 3.63) is 45.5 Å². The molecule has 3 unspecified atom stereocenters. The lowest BCUT2D eigenvalue weighted by molar-refractivity contribution is -0.0575. The zero-order valence-electron chi connectivity index (χ0n) is 18.2. The van der Waals surface area contributed by atoms with Gasteiger partial charge in [-0.15, -0.1) is 0 Å². The van der Waals surface area contributed by atoms with Gasteiger partial charge in [-0.05, 0) is 12.1 Å². The molecule has 2 aliphatic rings. The number of ether oxygens (including phenoxy) is 2. The van der Waals surface area contributed by atoms with E-state index < -0.39 is 69.3 Å². The van der Waals surface area contributed by atoms with Crippen LogP contribution in [-0.2, 0) is 23.1 Å². The third-order valence-corrected chi connectivity index (χ3v) is 6.57. The van der Waals surface area contributed by atoms with Crippen molar-refractivity contribution in [1.29, 1.82) is 0 Å². The van der Waals surface area contributed by atoms with E-state index in [0.29, 0.717) is 0 Å². The van der Waals surface area contributed by atoms with Crippen molar-refractivity contribution in [2.75, 3.05) is 24.7 Å². The molecule has 35 heavy (non-hydrogen) atoms. The Kier molecular flexibility index (Phi) is 7.35. The smallest absolute Gasteiger partial charge is 0.394 e. The Bertz CT molecular complexity index is 1220. The number of aromatic nitrogens is 4. The lowest BCUT2D eigenvalue weighted by Crippen LogP contribution is -2.29. The molecule has 7 atom stereocenters. The van der Waals surface area contributed by atoms with Crippen molar-refractivity contribution in [3.63, 3.8) is 0 Å². The van der Waals surface area contributed by atoms with Gasteiger partial charge in [0.05, 0.1) is 19.3 Å². The summed E-state index contributed by atoms with van der Waals surface area (Å²) in [4.78, 5) is 41.4. The highest BCUT2D eigenvalue weighted by molar-refractivity contribution is 7.47. The first-order chi connectivity index (χ1) is 16.6. The molecule has 17 heteroatoms. The van der Waals surface area contributed by atoms with Crippen molar-refractivity contribution in [3.8, 4) is 0 Å². The van der Waals surface area contributed by atoms with Crippen LogP contribution in [0.4, 0.5) is 11.6 Å². The van der Waals surface area contributed by atoms with E-state index in [9.17, 15) is 29.3 Å². The SMILES string of the molecule is Nc1ccn(C2C[C@@H](O)[C@@H](COP(=O)(O)O[C@@H]3CC(n4ccc(N)nc4=O)O[C@@H]3CO)O2)c(=O)n1. The maximum Gasteiger partial charge on any atom is 0.472 e. The van der Waals surface area contributed by atoms with E-state index in [1.165, 1.54) is 24.5 Å². The van der Waals surface area contributed by atoms with E-state index >= 15 is 0 Å². The highest BCUT2D eigenvalue weighted by Gasteiger charge is 2.43. The van der Waals surface area contributed by atoms with Crippen molar-refractivity contribution >= 4 is 19.5 Å². The molecule has 4 heterocycles. The first-order valence-electron chi connectivity index (χ1n) is 10.5. The molecule has 192 valence electrons. The highest BCUT2D eigenvalue weighted by Crippen LogP contribution is 2.48. The van der Waals surface area contributed by atoms with E-state index in [-0.39, 0.29) is 24.5 Å². The van der Waals surface area contributed by atoms with E-state index in [2.05, 4.69) is 9.97 Å². The second-order valence-electron chi connectivity index (χ2n) is 7.97. The lowest BCUT2D eigenvalue weighted by Gasteiger charge is -2.21. The zero-order valence-corrected chi connectivity index (χ0v) is 19.1. The molecule has 0 aromatic carbocycles. The number of nitrogens with two attached hydrogens (primary N) is 2. The summed E-state index contributed by atoms with van der Waals surface area (Å²) < 4.78 is 36.1. The zero-order chi connectivity index (χ0) is 25.3. The summed E-state index contributed by atoms with van der Waals surface area (Å²) in [7, 11) is -4.72. The number of nitrogen functional groups attached to an aromatic ring is 2. The average molecular weight is 516 g/mol. The third kappa shape index (κ3) is 5.76. The van der Waals surface area contributed by atoms with Crippen molar-refractivity contribution in [2.24, 2.45) is 0 Å². The van der Waals surface area contributed by atoms with Crippen LogP contribution in [0.15, 0.2) is 34.1 Å². The van der Waals surface area contributed by atoms with Gasteiger partial charge in [0, 0.05) is 25.2 Å². The van der Waals surface area contributed by atoms with Gasteiger partial charge in [0.1, 0.15) is 42.4 Å². The van der Waals surface area contributed by atoms with Crippen LogP contribution in [0.3, 0.4) is 0 Å². The largest absolute Gasteiger partial charge is 0.472 e. The molecule has 4 rings (SSSR count). The van der Waals surface area contributed by atoms with Crippen LogP contribution in [0.25, 0.3) is 0 Å². The first-order valence-corrected chi connectivity index (χ1v) is 12.0. The molecule has 0 bridgehead atoms. The lowest BCUT2D eigenvalue weighted by atomic mass is 10.2. The van der Waals surface area contributed by atoms with Crippen LogP contribution in [0.1, 0.15) is 25.3 Å². The molecule has 0 amide bonds. The van der Waals surface area contributed by atoms with Crippen LogP contribution < -0.4 is 22.8 Å². The van der Waals surface area contributed by atoms with Crippen molar-refractivity contribution in [1.82, 2.24) is 19.1 Å². The standard InChI is InChI=1S/C18H25N6O10P/c19-13-1-3-23(17(27)21-13)15-5-9(26)12(33-15)8-31-35(29,30)34-10-6-16(32-11(10)7-25)24-4-2-14(20)22-18(24)28/h1-4,9-12,15-16,25-26H,5-8H2,(H,29,30)(H2,19,21,27)(H2,20,22,28)/t9-,10-,11-,12-,15?,16?/m1/s1. The predicted octanol–water partition coefficient (Wildman–Crippen LogP) is -1.90.